The molecule has 6 nitrogen and oxygen atoms in total. The van der Waals surface area contributed by atoms with Crippen LogP contribution in [0.3, 0.4) is 0 Å². The van der Waals surface area contributed by atoms with Gasteiger partial charge in [0.15, 0.2) is 3.95 Å². The highest BCUT2D eigenvalue weighted by atomic mass is 32.1. The van der Waals surface area contributed by atoms with Crippen LogP contribution < -0.4 is 4.74 Å². The van der Waals surface area contributed by atoms with Crippen LogP contribution in [0.2, 0.25) is 0 Å². The van der Waals surface area contributed by atoms with Crippen LogP contribution in [0.15, 0.2) is 23.2 Å². The van der Waals surface area contributed by atoms with Gasteiger partial charge >= 0.3 is 5.97 Å². The van der Waals surface area contributed by atoms with Gasteiger partial charge in [0.2, 0.25) is 5.88 Å². The first-order chi connectivity index (χ1) is 11.0. The topological polar surface area (TPSA) is 84.1 Å². The van der Waals surface area contributed by atoms with Gasteiger partial charge in [-0.1, -0.05) is 0 Å². The van der Waals surface area contributed by atoms with Crippen molar-refractivity contribution in [3.05, 3.63) is 32.6 Å². The van der Waals surface area contributed by atoms with Gasteiger partial charge in [-0.15, -0.1) is 11.3 Å². The molecule has 2 heterocycles. The first-order valence-electron chi connectivity index (χ1n) is 6.58. The lowest BCUT2D eigenvalue weighted by molar-refractivity contribution is -0.137. The summed E-state index contributed by atoms with van der Waals surface area (Å²) < 4.78 is 6.66. The zero-order valence-electron chi connectivity index (χ0n) is 12.0. The maximum atomic E-state index is 10.8. The van der Waals surface area contributed by atoms with Crippen molar-refractivity contribution in [3.63, 3.8) is 0 Å². The van der Waals surface area contributed by atoms with Crippen molar-refractivity contribution in [2.75, 3.05) is 7.11 Å². The number of fused-ring (bicyclic) bond motifs is 1. The van der Waals surface area contributed by atoms with E-state index < -0.39 is 5.97 Å². The third-order valence-corrected chi connectivity index (χ3v) is 4.72. The fourth-order valence-electron chi connectivity index (χ4n) is 2.24. The van der Waals surface area contributed by atoms with Crippen molar-refractivity contribution in [1.29, 1.82) is 0 Å². The third kappa shape index (κ3) is 2.90. The summed E-state index contributed by atoms with van der Waals surface area (Å²) in [4.78, 5) is 15.6. The molecule has 118 valence electrons. The van der Waals surface area contributed by atoms with Crippen LogP contribution in [0.5, 0.6) is 11.6 Å². The summed E-state index contributed by atoms with van der Waals surface area (Å²) in [6.07, 6.45) is 3.43. The minimum Gasteiger partial charge on any atom is -0.497 e. The molecule has 0 atom stereocenters. The highest BCUT2D eigenvalue weighted by Crippen LogP contribution is 2.37. The number of aliphatic imine (C=N–C) groups is 1. The Kier molecular flexibility index (Phi) is 4.01. The lowest BCUT2D eigenvalue weighted by atomic mass is 10.1. The standard InChI is InChI=1S/C15H12N2O4S2/c1-21-9-2-3-10-8(6-16-11(10)5-9)4-12-14(20)17(7-13(18)19)15(22)23-12/h2-6,20H,7H2,1H3,(H,18,19). The van der Waals surface area contributed by atoms with Crippen molar-refractivity contribution in [2.45, 2.75) is 6.54 Å². The molecule has 0 unspecified atom stereocenters. The molecule has 0 fully saturated rings. The zero-order valence-corrected chi connectivity index (χ0v) is 13.6. The molecule has 3 rings (SSSR count). The quantitative estimate of drug-likeness (QED) is 0.828. The molecule has 0 saturated heterocycles. The van der Waals surface area contributed by atoms with Crippen LogP contribution in [0.1, 0.15) is 10.4 Å². The molecule has 1 aliphatic heterocycles. The summed E-state index contributed by atoms with van der Waals surface area (Å²) in [7, 11) is 1.59. The Bertz CT molecular complexity index is 909. The smallest absolute Gasteiger partial charge is 0.323 e. The van der Waals surface area contributed by atoms with Gasteiger partial charge in [0.05, 0.1) is 17.7 Å². The van der Waals surface area contributed by atoms with Crippen molar-refractivity contribution in [2.24, 2.45) is 4.99 Å². The van der Waals surface area contributed by atoms with E-state index in [1.165, 1.54) is 4.57 Å². The van der Waals surface area contributed by atoms with Crippen molar-refractivity contribution >= 4 is 53.1 Å². The summed E-state index contributed by atoms with van der Waals surface area (Å²) in [5.74, 6) is -0.494. The molecule has 1 aromatic carbocycles. The molecule has 2 aromatic rings. The molecule has 1 aliphatic rings. The Morgan fingerprint density at radius 2 is 2.30 bits per heavy atom. The number of aromatic nitrogens is 1. The second kappa shape index (κ2) is 5.98. The Balaban J connectivity index is 2.01. The monoisotopic (exact) mass is 348 g/mol. The first kappa shape index (κ1) is 15.4. The summed E-state index contributed by atoms with van der Waals surface area (Å²) in [5.41, 5.74) is 2.51. The Morgan fingerprint density at radius 3 is 3.00 bits per heavy atom. The van der Waals surface area contributed by atoms with E-state index in [1.54, 1.807) is 19.4 Å². The fourth-order valence-corrected chi connectivity index (χ4v) is 3.49. The Morgan fingerprint density at radius 1 is 1.52 bits per heavy atom. The molecule has 1 aromatic heterocycles. The average molecular weight is 348 g/mol. The average Bonchev–Trinajstić information content (AvgIpc) is 3.03. The fraction of sp³-hybridized carbons (Fsp3) is 0.133. The minimum atomic E-state index is -1.06. The number of carbonyl (C=O) groups is 1. The summed E-state index contributed by atoms with van der Waals surface area (Å²) >= 11 is 6.26. The number of carboxylic acid groups (broad SMARTS) is 1. The number of benzene rings is 1. The van der Waals surface area contributed by atoms with Gasteiger partial charge in [-0.25, -0.2) is 0 Å². The number of aliphatic carboxylic acids is 1. The minimum absolute atomic E-state index is 0.148. The number of carboxylic acids is 1. The third-order valence-electron chi connectivity index (χ3n) is 3.33. The van der Waals surface area contributed by atoms with Crippen LogP contribution in [0, 0.1) is 3.95 Å². The number of allylic oxidation sites excluding steroid dienone is 1. The number of methoxy groups -OCH3 is 1. The molecule has 0 saturated carbocycles. The molecular formula is C15H12N2O4S2. The van der Waals surface area contributed by atoms with E-state index in [0.717, 1.165) is 28.2 Å². The van der Waals surface area contributed by atoms with Gasteiger partial charge in [-0.3, -0.25) is 14.4 Å². The highest BCUT2D eigenvalue weighted by molar-refractivity contribution is 7.73. The van der Waals surface area contributed by atoms with E-state index in [9.17, 15) is 9.90 Å². The zero-order chi connectivity index (χ0) is 16.6. The number of nitrogens with zero attached hydrogens (tertiary/aromatic N) is 2. The van der Waals surface area contributed by atoms with E-state index in [0.29, 0.717) is 14.6 Å². The van der Waals surface area contributed by atoms with E-state index in [2.05, 4.69) is 4.99 Å². The lowest BCUT2D eigenvalue weighted by Crippen LogP contribution is -2.07. The van der Waals surface area contributed by atoms with Gasteiger partial charge in [-0.2, -0.15) is 0 Å². The molecular weight excluding hydrogens is 336 g/mol. The molecule has 0 radical (unpaired) electrons. The highest BCUT2D eigenvalue weighted by Gasteiger charge is 2.17. The van der Waals surface area contributed by atoms with Crippen LogP contribution in [-0.4, -0.2) is 34.1 Å². The molecule has 23 heavy (non-hydrogen) atoms. The van der Waals surface area contributed by atoms with E-state index in [4.69, 9.17) is 22.1 Å². The number of hydrogen-bond donors (Lipinski definition) is 2. The van der Waals surface area contributed by atoms with Crippen LogP contribution in [0.4, 0.5) is 5.69 Å². The SMILES string of the molecule is COc1ccc2c(c1)N=CC2=Cc1sc(=S)n(CC(=O)O)c1O. The number of hydrogen-bond acceptors (Lipinski definition) is 6. The number of rotatable bonds is 4. The summed E-state index contributed by atoms with van der Waals surface area (Å²) in [5, 5.41) is 19.1. The molecule has 0 amide bonds. The number of thiazole rings is 1. The van der Waals surface area contributed by atoms with Gasteiger partial charge in [0.1, 0.15) is 12.3 Å². The van der Waals surface area contributed by atoms with Crippen molar-refractivity contribution in [1.82, 2.24) is 4.57 Å². The molecule has 0 bridgehead atoms. The van der Waals surface area contributed by atoms with Crippen molar-refractivity contribution < 1.29 is 19.7 Å². The largest absolute Gasteiger partial charge is 0.497 e. The number of aromatic hydroxyl groups is 1. The lowest BCUT2D eigenvalue weighted by Gasteiger charge is -2.03. The first-order valence-corrected chi connectivity index (χ1v) is 7.80. The summed E-state index contributed by atoms with van der Waals surface area (Å²) in [6.45, 7) is -0.369. The molecule has 8 heteroatoms. The Labute approximate surface area is 140 Å². The van der Waals surface area contributed by atoms with Crippen LogP contribution >= 0.6 is 23.6 Å². The molecule has 0 spiro atoms. The van der Waals surface area contributed by atoms with Gasteiger partial charge < -0.3 is 14.9 Å². The normalized spacial score (nSPS) is 14.2. The maximum Gasteiger partial charge on any atom is 0.323 e. The van der Waals surface area contributed by atoms with Crippen LogP contribution in [-0.2, 0) is 11.3 Å². The van der Waals surface area contributed by atoms with Gasteiger partial charge in [0, 0.05) is 23.4 Å². The Hall–Kier alpha value is -2.45. The predicted molar refractivity (Wildman–Crippen MR) is 91.5 cm³/mol. The van der Waals surface area contributed by atoms with Gasteiger partial charge in [0.25, 0.3) is 0 Å². The van der Waals surface area contributed by atoms with E-state index in [1.807, 2.05) is 18.2 Å². The predicted octanol–water partition coefficient (Wildman–Crippen LogP) is 3.33. The van der Waals surface area contributed by atoms with E-state index in [-0.39, 0.29) is 12.4 Å². The van der Waals surface area contributed by atoms with Crippen LogP contribution in [0.25, 0.3) is 11.6 Å². The second-order valence-corrected chi connectivity index (χ2v) is 6.45. The van der Waals surface area contributed by atoms with Crippen molar-refractivity contribution in [3.8, 4) is 11.6 Å². The molecule has 2 N–H and O–H groups in total. The second-order valence-electron chi connectivity index (χ2n) is 4.78. The maximum absolute atomic E-state index is 10.8. The molecule has 0 aliphatic carbocycles. The number of ether oxygens (including phenoxy) is 1. The van der Waals surface area contributed by atoms with Gasteiger partial charge in [-0.05, 0) is 30.4 Å². The summed E-state index contributed by atoms with van der Waals surface area (Å²) in [6, 6.07) is 5.54. The van der Waals surface area contributed by atoms with E-state index >= 15 is 0 Å².